The lowest BCUT2D eigenvalue weighted by molar-refractivity contribution is 0.574. The molecule has 0 aliphatic rings. The van der Waals surface area contributed by atoms with Crippen molar-refractivity contribution in [2.24, 2.45) is 0 Å². The van der Waals surface area contributed by atoms with Crippen molar-refractivity contribution in [3.05, 3.63) is 47.5 Å². The van der Waals surface area contributed by atoms with Crippen LogP contribution in [0.5, 0.6) is 0 Å². The lowest BCUT2D eigenvalue weighted by atomic mass is 10.2. The fourth-order valence-electron chi connectivity index (χ4n) is 1.88. The molecule has 2 aromatic carbocycles. The number of nitrogens with two attached hydrogens (primary N) is 1. The third-order valence-electron chi connectivity index (χ3n) is 2.86. The highest BCUT2D eigenvalue weighted by molar-refractivity contribution is 5.77. The summed E-state index contributed by atoms with van der Waals surface area (Å²) in [6.45, 7) is 1.92. The second-order valence-corrected chi connectivity index (χ2v) is 4.34. The molecule has 0 bridgehead atoms. The highest BCUT2D eigenvalue weighted by Gasteiger charge is 2.15. The molecule has 0 fully saturated rings. The molecule has 3 rings (SSSR count). The molecule has 0 aliphatic heterocycles. The van der Waals surface area contributed by atoms with Crippen LogP contribution >= 0.6 is 0 Å². The molecule has 3 aromatic rings. The largest absolute Gasteiger partial charge is 0.436 e. The summed E-state index contributed by atoms with van der Waals surface area (Å²) < 4.78 is 32.3. The molecule has 1 aromatic heterocycles. The molecule has 2 N–H and O–H groups in total. The average Bonchev–Trinajstić information content (AvgIpc) is 2.76. The number of halogens is 2. The zero-order valence-electron chi connectivity index (χ0n) is 10.1. The number of hydrogen-bond acceptors (Lipinski definition) is 3. The van der Waals surface area contributed by atoms with Gasteiger partial charge >= 0.3 is 0 Å². The first-order valence-electron chi connectivity index (χ1n) is 5.66. The van der Waals surface area contributed by atoms with E-state index in [2.05, 4.69) is 4.98 Å². The number of aromatic nitrogens is 1. The van der Waals surface area contributed by atoms with Crippen LogP contribution < -0.4 is 5.73 Å². The number of fused-ring (bicyclic) bond motifs is 1. The summed E-state index contributed by atoms with van der Waals surface area (Å²) in [6.07, 6.45) is 0. The van der Waals surface area contributed by atoms with Gasteiger partial charge in [-0.3, -0.25) is 0 Å². The van der Waals surface area contributed by atoms with Crippen molar-refractivity contribution < 1.29 is 13.2 Å². The summed E-state index contributed by atoms with van der Waals surface area (Å²) >= 11 is 0. The molecule has 5 heteroatoms. The fraction of sp³-hybridized carbons (Fsp3) is 0.0714. The molecule has 0 saturated heterocycles. The molecule has 19 heavy (non-hydrogen) atoms. The van der Waals surface area contributed by atoms with Gasteiger partial charge in [-0.15, -0.1) is 0 Å². The van der Waals surface area contributed by atoms with Crippen molar-refractivity contribution in [2.45, 2.75) is 6.92 Å². The summed E-state index contributed by atoms with van der Waals surface area (Å²) in [7, 11) is 0. The Labute approximate surface area is 107 Å². The molecule has 0 amide bonds. The highest BCUT2D eigenvalue weighted by Crippen LogP contribution is 2.29. The summed E-state index contributed by atoms with van der Waals surface area (Å²) in [5.74, 6) is -1.46. The van der Waals surface area contributed by atoms with Crippen LogP contribution in [-0.2, 0) is 0 Å². The molecule has 96 valence electrons. The van der Waals surface area contributed by atoms with Crippen LogP contribution in [0.25, 0.3) is 22.6 Å². The van der Waals surface area contributed by atoms with Gasteiger partial charge in [0.1, 0.15) is 17.2 Å². The summed E-state index contributed by atoms with van der Waals surface area (Å²) in [5.41, 5.74) is 7.53. The summed E-state index contributed by atoms with van der Waals surface area (Å²) in [4.78, 5) is 4.19. The molecule has 1 heterocycles. The van der Waals surface area contributed by atoms with E-state index in [4.69, 9.17) is 10.2 Å². The van der Waals surface area contributed by atoms with Crippen LogP contribution in [0.3, 0.4) is 0 Å². The van der Waals surface area contributed by atoms with Gasteiger partial charge in [0.15, 0.2) is 5.58 Å². The van der Waals surface area contributed by atoms with E-state index in [1.807, 2.05) is 19.1 Å². The molecular weight excluding hydrogens is 250 g/mol. The summed E-state index contributed by atoms with van der Waals surface area (Å²) in [5, 5.41) is 0. The molecule has 0 radical (unpaired) electrons. The molecule has 0 saturated carbocycles. The third kappa shape index (κ3) is 1.93. The number of nitrogens with zero attached hydrogens (tertiary/aromatic N) is 1. The number of aryl methyl sites for hydroxylation is 1. The topological polar surface area (TPSA) is 52.0 Å². The van der Waals surface area contributed by atoms with Crippen molar-refractivity contribution in [3.8, 4) is 11.5 Å². The van der Waals surface area contributed by atoms with Gasteiger partial charge in [0.05, 0.1) is 11.3 Å². The maximum atomic E-state index is 13.7. The first-order valence-corrected chi connectivity index (χ1v) is 5.66. The number of oxazole rings is 1. The Balaban J connectivity index is 2.21. The van der Waals surface area contributed by atoms with Gasteiger partial charge in [0, 0.05) is 6.07 Å². The standard InChI is InChI=1S/C14H10F2N2O/c1-7-2-3-13-12(4-7)18-14(19-13)8-5-11(17)10(16)6-9(8)15/h2-6H,17H2,1H3. The van der Waals surface area contributed by atoms with E-state index >= 15 is 0 Å². The van der Waals surface area contributed by atoms with Gasteiger partial charge in [-0.05, 0) is 30.7 Å². The average molecular weight is 260 g/mol. The first-order chi connectivity index (χ1) is 9.04. The number of nitrogen functional groups attached to an aromatic ring is 1. The molecule has 0 atom stereocenters. The molecule has 0 aliphatic carbocycles. The predicted molar refractivity (Wildman–Crippen MR) is 68.5 cm³/mol. The van der Waals surface area contributed by atoms with E-state index < -0.39 is 11.6 Å². The van der Waals surface area contributed by atoms with E-state index in [-0.39, 0.29) is 17.1 Å². The smallest absolute Gasteiger partial charge is 0.230 e. The van der Waals surface area contributed by atoms with Crippen molar-refractivity contribution in [1.82, 2.24) is 4.98 Å². The van der Waals surface area contributed by atoms with Crippen LogP contribution in [0.2, 0.25) is 0 Å². The van der Waals surface area contributed by atoms with Crippen LogP contribution in [0.1, 0.15) is 5.56 Å². The fourth-order valence-corrected chi connectivity index (χ4v) is 1.88. The maximum Gasteiger partial charge on any atom is 0.230 e. The van der Waals surface area contributed by atoms with Crippen molar-refractivity contribution in [1.29, 1.82) is 0 Å². The molecule has 0 spiro atoms. The number of benzene rings is 2. The monoisotopic (exact) mass is 260 g/mol. The first kappa shape index (κ1) is 11.6. The molecule has 0 unspecified atom stereocenters. The van der Waals surface area contributed by atoms with Crippen molar-refractivity contribution in [3.63, 3.8) is 0 Å². The van der Waals surface area contributed by atoms with E-state index in [1.165, 1.54) is 6.07 Å². The SMILES string of the molecule is Cc1ccc2oc(-c3cc(N)c(F)cc3F)nc2c1. The van der Waals surface area contributed by atoms with Gasteiger partial charge in [-0.2, -0.15) is 0 Å². The second kappa shape index (κ2) is 4.05. The Bertz CT molecular complexity index is 780. The Morgan fingerprint density at radius 3 is 2.68 bits per heavy atom. The van der Waals surface area contributed by atoms with E-state index in [9.17, 15) is 8.78 Å². The van der Waals surface area contributed by atoms with Gasteiger partial charge in [-0.25, -0.2) is 13.8 Å². The van der Waals surface area contributed by atoms with Crippen molar-refractivity contribution >= 4 is 16.8 Å². The Kier molecular flexibility index (Phi) is 2.48. The zero-order chi connectivity index (χ0) is 13.6. The number of anilines is 1. The Morgan fingerprint density at radius 1 is 1.11 bits per heavy atom. The molecule has 3 nitrogen and oxygen atoms in total. The summed E-state index contributed by atoms with van der Waals surface area (Å²) in [6, 6.07) is 7.36. The second-order valence-electron chi connectivity index (χ2n) is 4.34. The number of hydrogen-bond donors (Lipinski definition) is 1. The lowest BCUT2D eigenvalue weighted by Gasteiger charge is -2.01. The number of rotatable bonds is 1. The van der Waals surface area contributed by atoms with Crippen LogP contribution in [0, 0.1) is 18.6 Å². The zero-order valence-corrected chi connectivity index (χ0v) is 10.1. The lowest BCUT2D eigenvalue weighted by Crippen LogP contribution is -1.94. The van der Waals surface area contributed by atoms with E-state index in [0.29, 0.717) is 11.1 Å². The van der Waals surface area contributed by atoms with Gasteiger partial charge < -0.3 is 10.2 Å². The Hall–Kier alpha value is -2.43. The van der Waals surface area contributed by atoms with E-state index in [0.717, 1.165) is 11.6 Å². The predicted octanol–water partition coefficient (Wildman–Crippen LogP) is 3.66. The van der Waals surface area contributed by atoms with Crippen molar-refractivity contribution in [2.75, 3.05) is 5.73 Å². The van der Waals surface area contributed by atoms with E-state index in [1.54, 1.807) is 6.07 Å². The van der Waals surface area contributed by atoms with Gasteiger partial charge in [-0.1, -0.05) is 6.07 Å². The Morgan fingerprint density at radius 2 is 1.89 bits per heavy atom. The van der Waals surface area contributed by atoms with Crippen LogP contribution in [-0.4, -0.2) is 4.98 Å². The third-order valence-corrected chi connectivity index (χ3v) is 2.86. The minimum Gasteiger partial charge on any atom is -0.436 e. The quantitative estimate of drug-likeness (QED) is 0.679. The highest BCUT2D eigenvalue weighted by atomic mass is 19.1. The van der Waals surface area contributed by atoms with Gasteiger partial charge in [0.2, 0.25) is 5.89 Å². The van der Waals surface area contributed by atoms with Gasteiger partial charge in [0.25, 0.3) is 0 Å². The molecular formula is C14H10F2N2O. The van der Waals surface area contributed by atoms with Crippen LogP contribution in [0.4, 0.5) is 14.5 Å². The normalized spacial score (nSPS) is 11.1. The minimum atomic E-state index is -0.798. The van der Waals surface area contributed by atoms with Crippen LogP contribution in [0.15, 0.2) is 34.7 Å². The minimum absolute atomic E-state index is 0.0488. The maximum absolute atomic E-state index is 13.7.